The Labute approximate surface area is 126 Å². The number of carboxylic acid groups (broad SMARTS) is 1. The van der Waals surface area contributed by atoms with Crippen molar-refractivity contribution in [3.05, 3.63) is 35.4 Å². The molecule has 1 atom stereocenters. The number of aliphatic carboxylic acids is 1. The van der Waals surface area contributed by atoms with Gasteiger partial charge in [-0.2, -0.15) is 0 Å². The Hall–Kier alpha value is -1.84. The SMILES string of the molecule is CCC(CC)(CC(=O)N[C@@H](C)c1cccc(C)c1)C(=O)O. The Kier molecular flexibility index (Phi) is 5.94. The van der Waals surface area contributed by atoms with Crippen LogP contribution in [-0.4, -0.2) is 17.0 Å². The molecule has 4 heteroatoms. The second kappa shape index (κ2) is 7.25. The monoisotopic (exact) mass is 291 g/mol. The van der Waals surface area contributed by atoms with Gasteiger partial charge in [-0.05, 0) is 32.3 Å². The Morgan fingerprint density at radius 1 is 1.29 bits per heavy atom. The largest absolute Gasteiger partial charge is 0.481 e. The van der Waals surface area contributed by atoms with Crippen molar-refractivity contribution in [2.24, 2.45) is 5.41 Å². The summed E-state index contributed by atoms with van der Waals surface area (Å²) in [6.07, 6.45) is 0.918. The van der Waals surface area contributed by atoms with Gasteiger partial charge in [0.1, 0.15) is 0 Å². The summed E-state index contributed by atoms with van der Waals surface area (Å²) >= 11 is 0. The minimum atomic E-state index is -0.962. The summed E-state index contributed by atoms with van der Waals surface area (Å²) in [6.45, 7) is 7.54. The molecule has 0 saturated heterocycles. The number of carbonyl (C=O) groups excluding carboxylic acids is 1. The third-order valence-electron chi connectivity index (χ3n) is 4.23. The van der Waals surface area contributed by atoms with E-state index in [2.05, 4.69) is 5.32 Å². The molecule has 1 rings (SSSR count). The van der Waals surface area contributed by atoms with Crippen LogP contribution in [0.25, 0.3) is 0 Å². The van der Waals surface area contributed by atoms with E-state index in [9.17, 15) is 14.7 Å². The number of aryl methyl sites for hydroxylation is 1. The molecule has 0 fully saturated rings. The zero-order valence-corrected chi connectivity index (χ0v) is 13.3. The molecular formula is C17H25NO3. The quantitative estimate of drug-likeness (QED) is 0.808. The Morgan fingerprint density at radius 3 is 2.38 bits per heavy atom. The summed E-state index contributed by atoms with van der Waals surface area (Å²) in [5, 5.41) is 12.3. The molecule has 0 bridgehead atoms. The smallest absolute Gasteiger partial charge is 0.310 e. The van der Waals surface area contributed by atoms with Crippen LogP contribution in [0, 0.1) is 12.3 Å². The molecule has 21 heavy (non-hydrogen) atoms. The summed E-state index contributed by atoms with van der Waals surface area (Å²) in [5.41, 5.74) is 1.20. The number of rotatable bonds is 7. The predicted octanol–water partition coefficient (Wildman–Crippen LogP) is 3.45. The van der Waals surface area contributed by atoms with E-state index in [0.717, 1.165) is 11.1 Å². The number of nitrogens with one attached hydrogen (secondary N) is 1. The average Bonchev–Trinajstić information content (AvgIpc) is 2.44. The highest BCUT2D eigenvalue weighted by molar-refractivity contribution is 5.85. The van der Waals surface area contributed by atoms with Gasteiger partial charge in [-0.25, -0.2) is 0 Å². The molecule has 2 N–H and O–H groups in total. The van der Waals surface area contributed by atoms with Gasteiger partial charge in [-0.15, -0.1) is 0 Å². The predicted molar refractivity (Wildman–Crippen MR) is 83.0 cm³/mol. The number of amides is 1. The molecule has 0 radical (unpaired) electrons. The van der Waals surface area contributed by atoms with Gasteiger partial charge in [0.05, 0.1) is 11.5 Å². The van der Waals surface area contributed by atoms with Crippen LogP contribution >= 0.6 is 0 Å². The molecule has 0 aliphatic heterocycles. The van der Waals surface area contributed by atoms with Crippen molar-refractivity contribution in [3.63, 3.8) is 0 Å². The van der Waals surface area contributed by atoms with Gasteiger partial charge >= 0.3 is 5.97 Å². The average molecular weight is 291 g/mol. The third kappa shape index (κ3) is 4.31. The fourth-order valence-corrected chi connectivity index (χ4v) is 2.50. The molecule has 1 amide bonds. The number of hydrogen-bond acceptors (Lipinski definition) is 2. The molecular weight excluding hydrogens is 266 g/mol. The van der Waals surface area contributed by atoms with E-state index in [0.29, 0.717) is 12.8 Å². The molecule has 4 nitrogen and oxygen atoms in total. The van der Waals surface area contributed by atoms with Gasteiger partial charge in [0, 0.05) is 6.42 Å². The van der Waals surface area contributed by atoms with E-state index in [1.807, 2.05) is 52.0 Å². The van der Waals surface area contributed by atoms with Crippen molar-refractivity contribution in [2.45, 2.75) is 53.0 Å². The van der Waals surface area contributed by atoms with Crippen molar-refractivity contribution in [2.75, 3.05) is 0 Å². The number of carboxylic acids is 1. The maximum atomic E-state index is 12.2. The third-order valence-corrected chi connectivity index (χ3v) is 4.23. The molecule has 1 aromatic carbocycles. The minimum Gasteiger partial charge on any atom is -0.481 e. The van der Waals surface area contributed by atoms with E-state index < -0.39 is 11.4 Å². The Morgan fingerprint density at radius 2 is 1.90 bits per heavy atom. The molecule has 0 aromatic heterocycles. The summed E-state index contributed by atoms with van der Waals surface area (Å²) in [6, 6.07) is 7.81. The second-order valence-electron chi connectivity index (χ2n) is 5.67. The highest BCUT2D eigenvalue weighted by atomic mass is 16.4. The first kappa shape index (κ1) is 17.2. The molecule has 116 valence electrons. The van der Waals surface area contributed by atoms with Crippen LogP contribution in [0.1, 0.15) is 57.2 Å². The number of carbonyl (C=O) groups is 2. The first-order chi connectivity index (χ1) is 9.84. The van der Waals surface area contributed by atoms with Gasteiger partial charge < -0.3 is 10.4 Å². The standard InChI is InChI=1S/C17H25NO3/c1-5-17(6-2,16(20)21)11-15(19)18-13(4)14-9-7-8-12(3)10-14/h7-10,13H,5-6,11H2,1-4H3,(H,18,19)(H,20,21)/t13-/m0/s1. The topological polar surface area (TPSA) is 66.4 Å². The highest BCUT2D eigenvalue weighted by Crippen LogP contribution is 2.31. The first-order valence-corrected chi connectivity index (χ1v) is 7.44. The Bertz CT molecular complexity index is 507. The van der Waals surface area contributed by atoms with E-state index in [4.69, 9.17) is 0 Å². The molecule has 0 heterocycles. The lowest BCUT2D eigenvalue weighted by atomic mass is 9.79. The molecule has 0 aliphatic carbocycles. The fraction of sp³-hybridized carbons (Fsp3) is 0.529. The van der Waals surface area contributed by atoms with Crippen molar-refractivity contribution in [1.82, 2.24) is 5.32 Å². The maximum absolute atomic E-state index is 12.2. The minimum absolute atomic E-state index is 0.0193. The molecule has 1 aromatic rings. The van der Waals surface area contributed by atoms with Crippen LogP contribution in [-0.2, 0) is 9.59 Å². The van der Waals surface area contributed by atoms with Crippen molar-refractivity contribution in [3.8, 4) is 0 Å². The Balaban J connectivity index is 2.75. The van der Waals surface area contributed by atoms with E-state index in [1.165, 1.54) is 0 Å². The lowest BCUT2D eigenvalue weighted by molar-refractivity contribution is -0.152. The van der Waals surface area contributed by atoms with Crippen LogP contribution in [0.4, 0.5) is 0 Å². The highest BCUT2D eigenvalue weighted by Gasteiger charge is 2.37. The summed E-state index contributed by atoms with van der Waals surface area (Å²) in [5.74, 6) is -1.11. The number of benzene rings is 1. The van der Waals surface area contributed by atoms with E-state index in [-0.39, 0.29) is 18.4 Å². The van der Waals surface area contributed by atoms with Crippen LogP contribution in [0.5, 0.6) is 0 Å². The van der Waals surface area contributed by atoms with Gasteiger partial charge in [0.25, 0.3) is 0 Å². The zero-order valence-electron chi connectivity index (χ0n) is 13.3. The van der Waals surface area contributed by atoms with Crippen LogP contribution in [0.2, 0.25) is 0 Å². The van der Waals surface area contributed by atoms with Crippen LogP contribution < -0.4 is 5.32 Å². The summed E-state index contributed by atoms with van der Waals surface area (Å²) < 4.78 is 0. The summed E-state index contributed by atoms with van der Waals surface area (Å²) in [7, 11) is 0. The van der Waals surface area contributed by atoms with E-state index in [1.54, 1.807) is 0 Å². The van der Waals surface area contributed by atoms with Crippen molar-refractivity contribution < 1.29 is 14.7 Å². The van der Waals surface area contributed by atoms with Gasteiger partial charge in [-0.3, -0.25) is 9.59 Å². The summed E-state index contributed by atoms with van der Waals surface area (Å²) in [4.78, 5) is 23.6. The van der Waals surface area contributed by atoms with Crippen molar-refractivity contribution in [1.29, 1.82) is 0 Å². The van der Waals surface area contributed by atoms with Gasteiger partial charge in [0.15, 0.2) is 0 Å². The lowest BCUT2D eigenvalue weighted by Gasteiger charge is -2.26. The number of hydrogen-bond donors (Lipinski definition) is 2. The van der Waals surface area contributed by atoms with Crippen LogP contribution in [0.15, 0.2) is 24.3 Å². The fourth-order valence-electron chi connectivity index (χ4n) is 2.50. The lowest BCUT2D eigenvalue weighted by Crippen LogP contribution is -2.37. The van der Waals surface area contributed by atoms with Crippen LogP contribution in [0.3, 0.4) is 0 Å². The maximum Gasteiger partial charge on any atom is 0.310 e. The van der Waals surface area contributed by atoms with Gasteiger partial charge in [0.2, 0.25) is 5.91 Å². The molecule has 0 spiro atoms. The molecule has 0 aliphatic rings. The van der Waals surface area contributed by atoms with E-state index >= 15 is 0 Å². The van der Waals surface area contributed by atoms with Crippen molar-refractivity contribution >= 4 is 11.9 Å². The van der Waals surface area contributed by atoms with Gasteiger partial charge in [-0.1, -0.05) is 43.7 Å². The second-order valence-corrected chi connectivity index (χ2v) is 5.67. The first-order valence-electron chi connectivity index (χ1n) is 7.44. The molecule has 0 saturated carbocycles. The molecule has 0 unspecified atom stereocenters. The zero-order chi connectivity index (χ0) is 16.0. The normalized spacial score (nSPS) is 12.8.